The van der Waals surface area contributed by atoms with Crippen LogP contribution in [0.3, 0.4) is 0 Å². The van der Waals surface area contributed by atoms with E-state index in [0.29, 0.717) is 24.3 Å². The normalized spacial score (nSPS) is 12.6. The van der Waals surface area contributed by atoms with Gasteiger partial charge in [0, 0.05) is 17.1 Å². The van der Waals surface area contributed by atoms with E-state index in [-0.39, 0.29) is 12.5 Å². The monoisotopic (exact) mass is 342 g/mol. The number of carbonyl (C=O) groups excluding carboxylic acids is 1. The molecule has 1 rings (SSSR count). The fourth-order valence-corrected chi connectivity index (χ4v) is 2.23. The van der Waals surface area contributed by atoms with Crippen molar-refractivity contribution in [3.05, 3.63) is 28.7 Å². The largest absolute Gasteiger partial charge is 0.484 e. The molecule has 1 atom stereocenters. The first-order valence-corrected chi connectivity index (χ1v) is 7.51. The van der Waals surface area contributed by atoms with Gasteiger partial charge in [-0.05, 0) is 44.3 Å². The van der Waals surface area contributed by atoms with Crippen LogP contribution in [0.5, 0.6) is 5.75 Å². The van der Waals surface area contributed by atoms with Crippen molar-refractivity contribution in [3.63, 3.8) is 0 Å². The Morgan fingerprint density at radius 3 is 2.40 bits per heavy atom. The number of likely N-dealkylation sites (N-methyl/N-ethyl adjacent to an activating group) is 1. The highest BCUT2D eigenvalue weighted by Crippen LogP contribution is 2.15. The van der Waals surface area contributed by atoms with E-state index in [1.54, 1.807) is 0 Å². The van der Waals surface area contributed by atoms with Gasteiger partial charge in [-0.15, -0.1) is 0 Å². The van der Waals surface area contributed by atoms with Crippen LogP contribution < -0.4 is 10.1 Å². The first-order chi connectivity index (χ1) is 9.40. The molecule has 20 heavy (non-hydrogen) atoms. The molecule has 1 unspecified atom stereocenters. The number of nitrogens with zero attached hydrogens (tertiary/aromatic N) is 1. The summed E-state index contributed by atoms with van der Waals surface area (Å²) >= 11 is 3.35. The summed E-state index contributed by atoms with van der Waals surface area (Å²) < 4.78 is 6.42. The van der Waals surface area contributed by atoms with E-state index < -0.39 is 0 Å². The van der Waals surface area contributed by atoms with Gasteiger partial charge in [0.2, 0.25) is 0 Å². The summed E-state index contributed by atoms with van der Waals surface area (Å²) in [4.78, 5) is 13.9. The van der Waals surface area contributed by atoms with E-state index in [1.807, 2.05) is 38.4 Å². The minimum atomic E-state index is -0.0968. The molecule has 4 nitrogen and oxygen atoms in total. The number of benzene rings is 1. The van der Waals surface area contributed by atoms with Gasteiger partial charge < -0.3 is 15.0 Å². The quantitative estimate of drug-likeness (QED) is 0.827. The highest BCUT2D eigenvalue weighted by molar-refractivity contribution is 9.10. The second kappa shape index (κ2) is 8.27. The molecule has 0 saturated heterocycles. The maximum Gasteiger partial charge on any atom is 0.257 e. The standard InChI is InChI=1S/C15H23BrN2O2/c1-11(2)14(18(3)4)9-17-15(19)10-20-13-7-5-12(16)6-8-13/h5-8,11,14H,9-10H2,1-4H3,(H,17,19). The third-order valence-electron chi connectivity index (χ3n) is 3.12. The predicted octanol–water partition coefficient (Wildman–Crippen LogP) is 2.53. The summed E-state index contributed by atoms with van der Waals surface area (Å²) in [5.74, 6) is 1.08. The molecule has 0 saturated carbocycles. The van der Waals surface area contributed by atoms with E-state index in [0.717, 1.165) is 4.47 Å². The Labute approximate surface area is 129 Å². The van der Waals surface area contributed by atoms with Gasteiger partial charge in [-0.25, -0.2) is 0 Å². The Bertz CT molecular complexity index is 410. The molecule has 1 N–H and O–H groups in total. The highest BCUT2D eigenvalue weighted by atomic mass is 79.9. The third kappa shape index (κ3) is 5.92. The van der Waals surface area contributed by atoms with Gasteiger partial charge in [0.15, 0.2) is 6.61 Å². The lowest BCUT2D eigenvalue weighted by Gasteiger charge is -2.28. The van der Waals surface area contributed by atoms with Crippen molar-refractivity contribution in [2.75, 3.05) is 27.2 Å². The van der Waals surface area contributed by atoms with Crippen molar-refractivity contribution < 1.29 is 9.53 Å². The average Bonchev–Trinajstić information content (AvgIpc) is 2.37. The van der Waals surface area contributed by atoms with E-state index >= 15 is 0 Å². The summed E-state index contributed by atoms with van der Waals surface area (Å²) in [6.07, 6.45) is 0. The maximum atomic E-state index is 11.8. The summed E-state index contributed by atoms with van der Waals surface area (Å²) in [6, 6.07) is 7.75. The smallest absolute Gasteiger partial charge is 0.257 e. The Hall–Kier alpha value is -1.07. The molecule has 0 aromatic heterocycles. The van der Waals surface area contributed by atoms with Crippen LogP contribution in [0.15, 0.2) is 28.7 Å². The molecule has 0 spiro atoms. The molecule has 0 bridgehead atoms. The second-order valence-electron chi connectivity index (χ2n) is 5.32. The first kappa shape index (κ1) is 17.0. The predicted molar refractivity (Wildman–Crippen MR) is 85.0 cm³/mol. The molecule has 1 aromatic carbocycles. The Morgan fingerprint density at radius 1 is 1.30 bits per heavy atom. The molecule has 0 fully saturated rings. The zero-order valence-corrected chi connectivity index (χ0v) is 14.1. The second-order valence-corrected chi connectivity index (χ2v) is 6.24. The number of hydrogen-bond acceptors (Lipinski definition) is 3. The van der Waals surface area contributed by atoms with Crippen LogP contribution >= 0.6 is 15.9 Å². The lowest BCUT2D eigenvalue weighted by atomic mass is 10.0. The zero-order valence-electron chi connectivity index (χ0n) is 12.5. The number of nitrogens with one attached hydrogen (secondary N) is 1. The molecule has 0 aliphatic carbocycles. The van der Waals surface area contributed by atoms with Crippen LogP contribution in [0.25, 0.3) is 0 Å². The summed E-state index contributed by atoms with van der Waals surface area (Å²) in [5, 5.41) is 2.91. The Kier molecular flexibility index (Phi) is 7.02. The third-order valence-corrected chi connectivity index (χ3v) is 3.65. The van der Waals surface area contributed by atoms with Gasteiger partial charge in [0.1, 0.15) is 5.75 Å². The van der Waals surface area contributed by atoms with Gasteiger partial charge in [-0.2, -0.15) is 0 Å². The first-order valence-electron chi connectivity index (χ1n) is 6.71. The van der Waals surface area contributed by atoms with Gasteiger partial charge in [0.05, 0.1) is 0 Å². The molecule has 0 aliphatic rings. The molecule has 5 heteroatoms. The molecule has 1 aromatic rings. The van der Waals surface area contributed by atoms with E-state index in [9.17, 15) is 4.79 Å². The Balaban J connectivity index is 2.35. The molecular weight excluding hydrogens is 320 g/mol. The summed E-state index contributed by atoms with van der Waals surface area (Å²) in [5.41, 5.74) is 0. The average molecular weight is 343 g/mol. The van der Waals surface area contributed by atoms with Gasteiger partial charge in [0.25, 0.3) is 5.91 Å². The molecule has 0 aliphatic heterocycles. The fourth-order valence-electron chi connectivity index (χ4n) is 1.96. The van der Waals surface area contributed by atoms with Crippen LogP contribution in [0.1, 0.15) is 13.8 Å². The van der Waals surface area contributed by atoms with Crippen molar-refractivity contribution in [2.45, 2.75) is 19.9 Å². The molecule has 1 amide bonds. The van der Waals surface area contributed by atoms with Crippen molar-refractivity contribution in [1.29, 1.82) is 0 Å². The fraction of sp³-hybridized carbons (Fsp3) is 0.533. The topological polar surface area (TPSA) is 41.6 Å². The number of hydrogen-bond donors (Lipinski definition) is 1. The van der Waals surface area contributed by atoms with Crippen LogP contribution in [0.4, 0.5) is 0 Å². The minimum Gasteiger partial charge on any atom is -0.484 e. The van der Waals surface area contributed by atoms with Gasteiger partial charge in [-0.3, -0.25) is 4.79 Å². The van der Waals surface area contributed by atoms with Crippen molar-refractivity contribution in [3.8, 4) is 5.75 Å². The van der Waals surface area contributed by atoms with Gasteiger partial charge >= 0.3 is 0 Å². The van der Waals surface area contributed by atoms with Crippen molar-refractivity contribution >= 4 is 21.8 Å². The lowest BCUT2D eigenvalue weighted by Crippen LogP contribution is -2.44. The van der Waals surface area contributed by atoms with Crippen LogP contribution in [0, 0.1) is 5.92 Å². The molecule has 112 valence electrons. The summed E-state index contributed by atoms with van der Waals surface area (Å²) in [6.45, 7) is 4.97. The van der Waals surface area contributed by atoms with Crippen LogP contribution in [-0.4, -0.2) is 44.1 Å². The van der Waals surface area contributed by atoms with Crippen molar-refractivity contribution in [2.24, 2.45) is 5.92 Å². The summed E-state index contributed by atoms with van der Waals surface area (Å²) in [7, 11) is 4.05. The molecular formula is C15H23BrN2O2. The molecule has 0 heterocycles. The van der Waals surface area contributed by atoms with E-state index in [4.69, 9.17) is 4.74 Å². The van der Waals surface area contributed by atoms with Crippen LogP contribution in [-0.2, 0) is 4.79 Å². The lowest BCUT2D eigenvalue weighted by molar-refractivity contribution is -0.123. The number of carbonyl (C=O) groups is 1. The highest BCUT2D eigenvalue weighted by Gasteiger charge is 2.16. The number of amides is 1. The van der Waals surface area contributed by atoms with Gasteiger partial charge in [-0.1, -0.05) is 29.8 Å². The number of ether oxygens (including phenoxy) is 1. The van der Waals surface area contributed by atoms with Crippen molar-refractivity contribution in [1.82, 2.24) is 10.2 Å². The number of halogens is 1. The Morgan fingerprint density at radius 2 is 1.90 bits per heavy atom. The minimum absolute atomic E-state index is 0.0415. The van der Waals surface area contributed by atoms with E-state index in [2.05, 4.69) is 40.0 Å². The van der Waals surface area contributed by atoms with E-state index in [1.165, 1.54) is 0 Å². The van der Waals surface area contributed by atoms with Crippen LogP contribution in [0.2, 0.25) is 0 Å². The zero-order chi connectivity index (χ0) is 15.1. The number of rotatable bonds is 7. The SMILES string of the molecule is CC(C)C(CNC(=O)COc1ccc(Br)cc1)N(C)C. The maximum absolute atomic E-state index is 11.8. The molecule has 0 radical (unpaired) electrons.